The molecule has 3 aromatic rings. The molecule has 1 fully saturated rings. The van der Waals surface area contributed by atoms with Crippen LogP contribution in [-0.4, -0.2) is 76.9 Å². The lowest BCUT2D eigenvalue weighted by molar-refractivity contribution is -0.277. The highest BCUT2D eigenvalue weighted by Crippen LogP contribution is 2.42. The summed E-state index contributed by atoms with van der Waals surface area (Å²) >= 11 is 0. The highest BCUT2D eigenvalue weighted by molar-refractivity contribution is 6.02. The van der Waals surface area contributed by atoms with Gasteiger partial charge in [0.2, 0.25) is 12.0 Å². The predicted octanol–water partition coefficient (Wildman–Crippen LogP) is 0.177. The van der Waals surface area contributed by atoms with Gasteiger partial charge >= 0.3 is 0 Å². The number of ether oxygens (including phenoxy) is 4. The fraction of sp³-hybridized carbons (Fsp3) is 0.421. The molecule has 0 spiro atoms. The molecular weight excluding hydrogens is 386 g/mol. The number of aliphatic hydroxyl groups is 4. The quantitative estimate of drug-likeness (QED) is 0.462. The Morgan fingerprint density at radius 1 is 0.966 bits per heavy atom. The molecule has 0 amide bonds. The number of furan rings is 1. The van der Waals surface area contributed by atoms with Crippen LogP contribution in [0.4, 0.5) is 0 Å². The van der Waals surface area contributed by atoms with Gasteiger partial charge in [0.05, 0.1) is 32.5 Å². The van der Waals surface area contributed by atoms with Crippen LogP contribution in [0, 0.1) is 0 Å². The van der Waals surface area contributed by atoms with Crippen molar-refractivity contribution in [1.29, 1.82) is 0 Å². The first-order valence-corrected chi connectivity index (χ1v) is 8.89. The van der Waals surface area contributed by atoms with Gasteiger partial charge in [-0.2, -0.15) is 0 Å². The summed E-state index contributed by atoms with van der Waals surface area (Å²) in [5.41, 5.74) is 0.742. The minimum absolute atomic E-state index is 0.171. The van der Waals surface area contributed by atoms with Crippen LogP contribution in [0.15, 0.2) is 28.9 Å². The number of hydrogen-bond acceptors (Lipinski definition) is 10. The number of nitrogens with zero attached hydrogens (tertiary/aromatic N) is 1. The third kappa shape index (κ3) is 3.15. The van der Waals surface area contributed by atoms with Crippen LogP contribution in [0.2, 0.25) is 0 Å². The first kappa shape index (κ1) is 19.7. The van der Waals surface area contributed by atoms with E-state index in [-0.39, 0.29) is 11.5 Å². The molecule has 0 aliphatic carbocycles. The lowest BCUT2D eigenvalue weighted by Crippen LogP contribution is -2.60. The maximum atomic E-state index is 10.2. The second-order valence-electron chi connectivity index (χ2n) is 6.59. The summed E-state index contributed by atoms with van der Waals surface area (Å²) in [6, 6.07) is 5.03. The van der Waals surface area contributed by atoms with Gasteiger partial charge in [0.15, 0.2) is 11.5 Å². The molecule has 10 nitrogen and oxygen atoms in total. The summed E-state index contributed by atoms with van der Waals surface area (Å²) in [7, 11) is 2.96. The second-order valence-corrected chi connectivity index (χ2v) is 6.59. The Bertz CT molecular complexity index is 1020. The average molecular weight is 407 g/mol. The summed E-state index contributed by atoms with van der Waals surface area (Å²) in [5.74, 6) is 0.956. The van der Waals surface area contributed by atoms with Crippen molar-refractivity contribution in [2.75, 3.05) is 20.8 Å². The van der Waals surface area contributed by atoms with Gasteiger partial charge in [0.1, 0.15) is 35.7 Å². The van der Waals surface area contributed by atoms with Crippen molar-refractivity contribution in [2.45, 2.75) is 30.7 Å². The minimum atomic E-state index is -1.56. The standard InChI is InChI=1S/C19H21NO9/c1-25-16-8-3-4-10(17(26-2)12(8)20-18-9(16)5-6-27-18)28-19-15(24)14(23)13(22)11(7-21)29-19/h3-6,11,13-15,19,21-24H,7H2,1-2H3. The molecule has 156 valence electrons. The fourth-order valence-electron chi connectivity index (χ4n) is 3.45. The van der Waals surface area contributed by atoms with E-state index in [2.05, 4.69) is 4.98 Å². The van der Waals surface area contributed by atoms with E-state index >= 15 is 0 Å². The smallest absolute Gasteiger partial charge is 0.230 e. The van der Waals surface area contributed by atoms with Crippen molar-refractivity contribution in [3.05, 3.63) is 24.5 Å². The van der Waals surface area contributed by atoms with Crippen LogP contribution in [0.3, 0.4) is 0 Å². The normalized spacial score (nSPS) is 27.3. The number of aliphatic hydroxyl groups excluding tert-OH is 4. The van der Waals surface area contributed by atoms with E-state index in [0.717, 1.165) is 0 Å². The van der Waals surface area contributed by atoms with Crippen LogP contribution in [-0.2, 0) is 4.74 Å². The first-order valence-electron chi connectivity index (χ1n) is 8.89. The maximum Gasteiger partial charge on any atom is 0.230 e. The van der Waals surface area contributed by atoms with Gasteiger partial charge in [-0.15, -0.1) is 0 Å². The van der Waals surface area contributed by atoms with Crippen molar-refractivity contribution >= 4 is 22.0 Å². The van der Waals surface area contributed by atoms with E-state index in [1.807, 2.05) is 0 Å². The molecule has 0 bridgehead atoms. The molecule has 0 radical (unpaired) electrons. The van der Waals surface area contributed by atoms with E-state index in [0.29, 0.717) is 27.8 Å². The SMILES string of the molecule is COc1c2ccoc2nc2c(OC)c(OC3OC(CO)C(O)C(O)C3O)ccc12. The Hall–Kier alpha value is -2.63. The van der Waals surface area contributed by atoms with Crippen LogP contribution in [0.5, 0.6) is 17.2 Å². The number of rotatable bonds is 5. The van der Waals surface area contributed by atoms with Crippen molar-refractivity contribution in [3.63, 3.8) is 0 Å². The summed E-state index contributed by atoms with van der Waals surface area (Å²) < 4.78 is 27.5. The van der Waals surface area contributed by atoms with Crippen molar-refractivity contribution in [2.24, 2.45) is 0 Å². The predicted molar refractivity (Wildman–Crippen MR) is 99.0 cm³/mol. The van der Waals surface area contributed by atoms with E-state index < -0.39 is 37.3 Å². The minimum Gasteiger partial charge on any atom is -0.495 e. The van der Waals surface area contributed by atoms with Gasteiger partial charge in [-0.25, -0.2) is 4.98 Å². The molecule has 4 N–H and O–H groups in total. The van der Waals surface area contributed by atoms with Crippen LogP contribution in [0.25, 0.3) is 22.0 Å². The van der Waals surface area contributed by atoms with Gasteiger partial charge in [-0.1, -0.05) is 0 Å². The Morgan fingerprint density at radius 2 is 1.72 bits per heavy atom. The van der Waals surface area contributed by atoms with Crippen LogP contribution >= 0.6 is 0 Å². The van der Waals surface area contributed by atoms with Gasteiger partial charge in [0.25, 0.3) is 0 Å². The number of fused-ring (bicyclic) bond motifs is 2. The number of methoxy groups -OCH3 is 2. The van der Waals surface area contributed by atoms with E-state index in [4.69, 9.17) is 23.4 Å². The summed E-state index contributed by atoms with van der Waals surface area (Å²) in [6.45, 7) is -0.561. The van der Waals surface area contributed by atoms with E-state index in [1.54, 1.807) is 18.2 Å². The number of benzene rings is 1. The second kappa shape index (κ2) is 7.65. The zero-order valence-corrected chi connectivity index (χ0v) is 15.7. The molecule has 1 aliphatic rings. The Labute approximate surface area is 164 Å². The largest absolute Gasteiger partial charge is 0.495 e. The van der Waals surface area contributed by atoms with E-state index in [1.165, 1.54) is 20.5 Å². The molecule has 29 heavy (non-hydrogen) atoms. The van der Waals surface area contributed by atoms with E-state index in [9.17, 15) is 20.4 Å². The summed E-state index contributed by atoms with van der Waals surface area (Å²) in [5, 5.41) is 40.8. The zero-order valence-electron chi connectivity index (χ0n) is 15.7. The van der Waals surface area contributed by atoms with Crippen LogP contribution < -0.4 is 14.2 Å². The molecule has 0 saturated carbocycles. The number of aromatic nitrogens is 1. The maximum absolute atomic E-state index is 10.2. The summed E-state index contributed by atoms with van der Waals surface area (Å²) in [4.78, 5) is 4.46. The lowest BCUT2D eigenvalue weighted by atomic mass is 9.99. The molecule has 2 aromatic heterocycles. The number of hydrogen-bond donors (Lipinski definition) is 4. The molecule has 10 heteroatoms. The zero-order chi connectivity index (χ0) is 20.7. The van der Waals surface area contributed by atoms with Gasteiger partial charge in [-0.3, -0.25) is 0 Å². The third-order valence-corrected chi connectivity index (χ3v) is 4.94. The third-order valence-electron chi connectivity index (χ3n) is 4.94. The monoisotopic (exact) mass is 407 g/mol. The molecular formula is C19H21NO9. The van der Waals surface area contributed by atoms with Gasteiger partial charge < -0.3 is 43.8 Å². The molecule has 3 heterocycles. The van der Waals surface area contributed by atoms with Crippen molar-refractivity contribution in [3.8, 4) is 17.2 Å². The molecule has 1 aromatic carbocycles. The van der Waals surface area contributed by atoms with Gasteiger partial charge in [0, 0.05) is 5.39 Å². The highest BCUT2D eigenvalue weighted by Gasteiger charge is 2.45. The lowest BCUT2D eigenvalue weighted by Gasteiger charge is -2.39. The Kier molecular flexibility index (Phi) is 5.19. The topological polar surface area (TPSA) is 144 Å². The summed E-state index contributed by atoms with van der Waals surface area (Å²) in [6.07, 6.45) is -5.54. The molecule has 1 saturated heterocycles. The average Bonchev–Trinajstić information content (AvgIpc) is 3.20. The molecule has 1 aliphatic heterocycles. The van der Waals surface area contributed by atoms with Gasteiger partial charge in [-0.05, 0) is 18.2 Å². The Balaban J connectivity index is 1.77. The van der Waals surface area contributed by atoms with Crippen LogP contribution in [0.1, 0.15) is 0 Å². The molecule has 5 atom stereocenters. The fourth-order valence-corrected chi connectivity index (χ4v) is 3.45. The number of pyridine rings is 1. The van der Waals surface area contributed by atoms with Crippen molar-refractivity contribution in [1.82, 2.24) is 4.98 Å². The molecule has 5 unspecified atom stereocenters. The van der Waals surface area contributed by atoms with Crippen molar-refractivity contribution < 1.29 is 43.8 Å². The molecule has 4 rings (SSSR count). The first-order chi connectivity index (χ1) is 14.0. The Morgan fingerprint density at radius 3 is 2.41 bits per heavy atom. The highest BCUT2D eigenvalue weighted by atomic mass is 16.7.